The van der Waals surface area contributed by atoms with E-state index in [9.17, 15) is 4.21 Å². The molecule has 2 atom stereocenters. The Bertz CT molecular complexity index is 477. The third kappa shape index (κ3) is 6.15. The third-order valence-electron chi connectivity index (χ3n) is 2.42. The summed E-state index contributed by atoms with van der Waals surface area (Å²) >= 11 is 17.8. The van der Waals surface area contributed by atoms with E-state index in [2.05, 4.69) is 4.72 Å². The molecule has 0 aliphatic heterocycles. The van der Waals surface area contributed by atoms with Crippen molar-refractivity contribution in [2.45, 2.75) is 35.4 Å². The second-order valence-corrected chi connectivity index (χ2v) is 9.65. The first-order chi connectivity index (χ1) is 9.10. The highest BCUT2D eigenvalue weighted by molar-refractivity contribution is 7.84. The maximum atomic E-state index is 12.1. The van der Waals surface area contributed by atoms with Crippen LogP contribution < -0.4 is 4.72 Å². The zero-order valence-electron chi connectivity index (χ0n) is 11.6. The van der Waals surface area contributed by atoms with Crippen LogP contribution in [-0.2, 0) is 11.0 Å². The summed E-state index contributed by atoms with van der Waals surface area (Å²) in [7, 11) is -1.33. The fraction of sp³-hybridized carbons (Fsp3) is 0.429. The summed E-state index contributed by atoms with van der Waals surface area (Å²) in [6.45, 7) is 5.56. The standard InChI is InChI=1S/C14H18Cl3NOS/c1-13(2,3)20(19)18-12(14(15,16)17)10-9-11-7-5-4-6-8-11/h4-10,12,18H,1-3H3/b10-9+/t12-,20?/m0/s1. The predicted octanol–water partition coefficient (Wildman–Crippen LogP) is 4.49. The highest BCUT2D eigenvalue weighted by atomic mass is 35.6. The lowest BCUT2D eigenvalue weighted by atomic mass is 10.2. The van der Waals surface area contributed by atoms with Gasteiger partial charge in [-0.05, 0) is 26.3 Å². The van der Waals surface area contributed by atoms with Crippen LogP contribution in [0.1, 0.15) is 26.3 Å². The lowest BCUT2D eigenvalue weighted by Crippen LogP contribution is -2.45. The summed E-state index contributed by atoms with van der Waals surface area (Å²) in [6.07, 6.45) is 3.55. The summed E-state index contributed by atoms with van der Waals surface area (Å²) in [5, 5.41) is 0. The Kier molecular flexibility index (Phi) is 6.55. The van der Waals surface area contributed by atoms with Crippen LogP contribution in [0, 0.1) is 0 Å². The molecule has 1 aromatic carbocycles. The van der Waals surface area contributed by atoms with Gasteiger partial charge in [-0.25, -0.2) is 8.93 Å². The fourth-order valence-corrected chi connectivity index (χ4v) is 2.69. The van der Waals surface area contributed by atoms with E-state index in [0.29, 0.717) is 0 Å². The van der Waals surface area contributed by atoms with Crippen molar-refractivity contribution in [2.24, 2.45) is 0 Å². The molecule has 0 heterocycles. The van der Waals surface area contributed by atoms with Gasteiger partial charge in [-0.15, -0.1) is 0 Å². The summed E-state index contributed by atoms with van der Waals surface area (Å²) in [5.41, 5.74) is 0.982. The molecule has 0 bridgehead atoms. The number of hydrogen-bond donors (Lipinski definition) is 1. The molecule has 0 radical (unpaired) electrons. The molecule has 2 nitrogen and oxygen atoms in total. The van der Waals surface area contributed by atoms with Crippen molar-refractivity contribution < 1.29 is 4.21 Å². The molecule has 1 rings (SSSR count). The van der Waals surface area contributed by atoms with Crippen LogP contribution in [0.5, 0.6) is 0 Å². The first-order valence-electron chi connectivity index (χ1n) is 6.09. The number of rotatable bonds is 4. The van der Waals surface area contributed by atoms with Gasteiger partial charge in [-0.2, -0.15) is 0 Å². The number of nitrogens with one attached hydrogen (secondary N) is 1. The highest BCUT2D eigenvalue weighted by Crippen LogP contribution is 2.32. The van der Waals surface area contributed by atoms with Crippen LogP contribution in [-0.4, -0.2) is 18.8 Å². The molecule has 1 N–H and O–H groups in total. The maximum absolute atomic E-state index is 12.1. The first-order valence-corrected chi connectivity index (χ1v) is 8.37. The molecule has 20 heavy (non-hydrogen) atoms. The molecular formula is C14H18Cl3NOS. The van der Waals surface area contributed by atoms with E-state index in [1.807, 2.05) is 57.2 Å². The van der Waals surface area contributed by atoms with E-state index in [0.717, 1.165) is 5.56 Å². The second-order valence-electron chi connectivity index (χ2n) is 5.29. The Morgan fingerprint density at radius 2 is 1.70 bits per heavy atom. The Morgan fingerprint density at radius 3 is 2.15 bits per heavy atom. The Morgan fingerprint density at radius 1 is 1.15 bits per heavy atom. The van der Waals surface area contributed by atoms with Crippen LogP contribution >= 0.6 is 34.8 Å². The molecule has 1 aromatic rings. The van der Waals surface area contributed by atoms with Gasteiger partial charge in [-0.1, -0.05) is 77.3 Å². The molecule has 6 heteroatoms. The van der Waals surface area contributed by atoms with E-state index in [1.54, 1.807) is 6.08 Å². The minimum absolute atomic E-state index is 0.436. The molecule has 0 amide bonds. The number of benzene rings is 1. The summed E-state index contributed by atoms with van der Waals surface area (Å²) < 4.78 is 13.0. The molecule has 0 saturated carbocycles. The summed E-state index contributed by atoms with van der Waals surface area (Å²) in [5.74, 6) is 0. The number of hydrogen-bond acceptors (Lipinski definition) is 1. The van der Waals surface area contributed by atoms with E-state index in [4.69, 9.17) is 34.8 Å². The van der Waals surface area contributed by atoms with Gasteiger partial charge in [0, 0.05) is 0 Å². The van der Waals surface area contributed by atoms with Gasteiger partial charge in [0.2, 0.25) is 3.79 Å². The number of alkyl halides is 3. The first kappa shape index (κ1) is 18.0. The van der Waals surface area contributed by atoms with Crippen LogP contribution in [0.2, 0.25) is 0 Å². The molecule has 0 fully saturated rings. The van der Waals surface area contributed by atoms with Gasteiger partial charge < -0.3 is 0 Å². The van der Waals surface area contributed by atoms with E-state index < -0.39 is 25.6 Å². The van der Waals surface area contributed by atoms with Gasteiger partial charge >= 0.3 is 0 Å². The van der Waals surface area contributed by atoms with Crippen LogP contribution in [0.3, 0.4) is 0 Å². The van der Waals surface area contributed by atoms with Crippen molar-refractivity contribution in [3.63, 3.8) is 0 Å². The smallest absolute Gasteiger partial charge is 0.210 e. The molecule has 0 aromatic heterocycles. The van der Waals surface area contributed by atoms with Crippen LogP contribution in [0.15, 0.2) is 36.4 Å². The molecule has 0 saturated heterocycles. The van der Waals surface area contributed by atoms with Crippen LogP contribution in [0.25, 0.3) is 6.08 Å². The van der Waals surface area contributed by atoms with Crippen molar-refractivity contribution in [2.75, 3.05) is 0 Å². The molecule has 0 aliphatic rings. The Balaban J connectivity index is 2.87. The Hall–Kier alpha value is -0.0600. The van der Waals surface area contributed by atoms with Gasteiger partial charge in [0.25, 0.3) is 0 Å². The van der Waals surface area contributed by atoms with Gasteiger partial charge in [0.05, 0.1) is 21.8 Å². The van der Waals surface area contributed by atoms with Gasteiger partial charge in [0.1, 0.15) is 0 Å². The van der Waals surface area contributed by atoms with E-state index >= 15 is 0 Å². The average Bonchev–Trinajstić information content (AvgIpc) is 2.32. The molecule has 1 unspecified atom stereocenters. The quantitative estimate of drug-likeness (QED) is 0.793. The minimum Gasteiger partial charge on any atom is -0.242 e. The largest absolute Gasteiger partial charge is 0.242 e. The lowest BCUT2D eigenvalue weighted by Gasteiger charge is -2.26. The minimum atomic E-state index is -1.58. The van der Waals surface area contributed by atoms with Gasteiger partial charge in [0.15, 0.2) is 0 Å². The fourth-order valence-electron chi connectivity index (χ4n) is 1.28. The SMILES string of the molecule is CC(C)(C)S(=O)N[C@@H](/C=C/c1ccccc1)C(Cl)(Cl)Cl. The van der Waals surface area contributed by atoms with Crippen molar-refractivity contribution in [1.29, 1.82) is 0 Å². The van der Waals surface area contributed by atoms with Crippen LogP contribution in [0.4, 0.5) is 0 Å². The van der Waals surface area contributed by atoms with Gasteiger partial charge in [-0.3, -0.25) is 0 Å². The molecule has 112 valence electrons. The third-order valence-corrected chi connectivity index (χ3v) is 4.71. The topological polar surface area (TPSA) is 29.1 Å². The monoisotopic (exact) mass is 353 g/mol. The predicted molar refractivity (Wildman–Crippen MR) is 90.6 cm³/mol. The summed E-state index contributed by atoms with van der Waals surface area (Å²) in [6, 6.07) is 9.00. The molecule has 0 spiro atoms. The molecular weight excluding hydrogens is 337 g/mol. The summed E-state index contributed by atoms with van der Waals surface area (Å²) in [4.78, 5) is 0. The van der Waals surface area contributed by atoms with E-state index in [1.165, 1.54) is 0 Å². The average molecular weight is 355 g/mol. The zero-order chi connectivity index (χ0) is 15.4. The normalized spacial score (nSPS) is 16.3. The number of halogens is 3. The lowest BCUT2D eigenvalue weighted by molar-refractivity contribution is 0.623. The van der Waals surface area contributed by atoms with Crippen molar-refractivity contribution in [1.82, 2.24) is 4.72 Å². The van der Waals surface area contributed by atoms with Crippen molar-refractivity contribution in [3.05, 3.63) is 42.0 Å². The highest BCUT2D eigenvalue weighted by Gasteiger charge is 2.34. The van der Waals surface area contributed by atoms with Crippen molar-refractivity contribution >= 4 is 51.9 Å². The Labute approximate surface area is 138 Å². The van der Waals surface area contributed by atoms with E-state index in [-0.39, 0.29) is 0 Å². The second kappa shape index (κ2) is 7.28. The zero-order valence-corrected chi connectivity index (χ0v) is 14.7. The van der Waals surface area contributed by atoms with Crippen molar-refractivity contribution in [3.8, 4) is 0 Å². The molecule has 0 aliphatic carbocycles. The maximum Gasteiger partial charge on any atom is 0.210 e.